The van der Waals surface area contributed by atoms with Crippen molar-refractivity contribution in [2.45, 2.75) is 52.4 Å². The molecule has 0 radical (unpaired) electrons. The molecule has 4 heterocycles. The predicted molar refractivity (Wildman–Crippen MR) is 113 cm³/mol. The summed E-state index contributed by atoms with van der Waals surface area (Å²) in [5.74, 6) is 1.63. The van der Waals surface area contributed by atoms with Gasteiger partial charge in [-0.05, 0) is 83.3 Å². The van der Waals surface area contributed by atoms with Gasteiger partial charge in [-0.2, -0.15) is 0 Å². The lowest BCUT2D eigenvalue weighted by atomic mass is 9.78. The normalized spacial score (nSPS) is 20.8. The van der Waals surface area contributed by atoms with Crippen LogP contribution >= 0.6 is 0 Å². The molecular weight excluding hydrogens is 364 g/mol. The average molecular weight is 397 g/mol. The Morgan fingerprint density at radius 2 is 1.86 bits per heavy atom. The Labute approximate surface area is 173 Å². The highest BCUT2D eigenvalue weighted by molar-refractivity contribution is 5.82. The molecule has 0 bridgehead atoms. The Morgan fingerprint density at radius 1 is 1.17 bits per heavy atom. The molecular formula is C23H32N4O2. The molecule has 1 amide bonds. The van der Waals surface area contributed by atoms with Gasteiger partial charge in [-0.3, -0.25) is 9.78 Å². The first-order chi connectivity index (χ1) is 13.9. The molecule has 0 spiro atoms. The fourth-order valence-corrected chi connectivity index (χ4v) is 4.81. The number of hydrogen-bond donors (Lipinski definition) is 0. The number of piperidine rings is 2. The molecule has 0 N–H and O–H groups in total. The van der Waals surface area contributed by atoms with Crippen molar-refractivity contribution in [3.05, 3.63) is 35.3 Å². The monoisotopic (exact) mass is 396 g/mol. The molecule has 6 heteroatoms. The minimum atomic E-state index is -0.188. The van der Waals surface area contributed by atoms with E-state index in [1.807, 2.05) is 20.0 Å². The fourth-order valence-electron chi connectivity index (χ4n) is 4.81. The van der Waals surface area contributed by atoms with Crippen LogP contribution in [0, 0.1) is 19.3 Å². The van der Waals surface area contributed by atoms with Crippen molar-refractivity contribution in [1.82, 2.24) is 19.9 Å². The number of aromatic nitrogens is 2. The van der Waals surface area contributed by atoms with Crippen molar-refractivity contribution in [2.75, 3.05) is 33.2 Å². The van der Waals surface area contributed by atoms with Crippen molar-refractivity contribution in [3.8, 4) is 11.3 Å². The third-order valence-electron chi connectivity index (χ3n) is 6.93. The number of nitrogens with zero attached hydrogens (tertiary/aromatic N) is 4. The van der Waals surface area contributed by atoms with Crippen LogP contribution in [0.15, 0.2) is 22.9 Å². The van der Waals surface area contributed by atoms with E-state index < -0.39 is 0 Å². The highest BCUT2D eigenvalue weighted by atomic mass is 16.5. The molecule has 0 aromatic carbocycles. The molecule has 2 aromatic rings. The van der Waals surface area contributed by atoms with E-state index in [-0.39, 0.29) is 5.41 Å². The van der Waals surface area contributed by atoms with Crippen LogP contribution in [0.2, 0.25) is 0 Å². The van der Waals surface area contributed by atoms with Gasteiger partial charge in [0.1, 0.15) is 5.76 Å². The van der Waals surface area contributed by atoms with Gasteiger partial charge in [0.05, 0.1) is 17.0 Å². The maximum absolute atomic E-state index is 13.2. The van der Waals surface area contributed by atoms with Gasteiger partial charge in [0.25, 0.3) is 0 Å². The van der Waals surface area contributed by atoms with Gasteiger partial charge < -0.3 is 14.3 Å². The van der Waals surface area contributed by atoms with Crippen LogP contribution in [0.5, 0.6) is 0 Å². The van der Waals surface area contributed by atoms with E-state index in [1.165, 1.54) is 5.56 Å². The van der Waals surface area contributed by atoms with Gasteiger partial charge in [0.15, 0.2) is 0 Å². The molecule has 2 saturated heterocycles. The van der Waals surface area contributed by atoms with Crippen molar-refractivity contribution < 1.29 is 9.32 Å². The van der Waals surface area contributed by atoms with E-state index in [4.69, 9.17) is 4.52 Å². The first kappa shape index (κ1) is 20.1. The Kier molecular flexibility index (Phi) is 5.47. The SMILES string of the molecule is Cc1noc(C)c1-c1cc(C2CCN(C(=O)C3(C)CCN(C)CC3)CC2)ccn1. The third-order valence-corrected chi connectivity index (χ3v) is 6.93. The second kappa shape index (κ2) is 7.90. The zero-order valence-electron chi connectivity index (χ0n) is 18.1. The highest BCUT2D eigenvalue weighted by Crippen LogP contribution is 2.36. The van der Waals surface area contributed by atoms with Gasteiger partial charge in [-0.15, -0.1) is 0 Å². The van der Waals surface area contributed by atoms with Crippen LogP contribution in [0.1, 0.15) is 55.5 Å². The Hall–Kier alpha value is -2.21. The fraction of sp³-hybridized carbons (Fsp3) is 0.609. The number of carbonyl (C=O) groups excluding carboxylic acids is 1. The molecule has 6 nitrogen and oxygen atoms in total. The molecule has 0 aliphatic carbocycles. The molecule has 2 aliphatic rings. The molecule has 29 heavy (non-hydrogen) atoms. The quantitative estimate of drug-likeness (QED) is 0.790. The number of carbonyl (C=O) groups is 1. The lowest BCUT2D eigenvalue weighted by Crippen LogP contribution is -2.50. The summed E-state index contributed by atoms with van der Waals surface area (Å²) in [5.41, 5.74) is 3.91. The summed E-state index contributed by atoms with van der Waals surface area (Å²) in [6, 6.07) is 4.29. The number of hydrogen-bond acceptors (Lipinski definition) is 5. The van der Waals surface area contributed by atoms with E-state index in [1.54, 1.807) is 0 Å². The van der Waals surface area contributed by atoms with E-state index in [0.29, 0.717) is 11.8 Å². The molecule has 0 saturated carbocycles. The van der Waals surface area contributed by atoms with Crippen molar-refractivity contribution in [1.29, 1.82) is 0 Å². The van der Waals surface area contributed by atoms with Crippen LogP contribution in [0.25, 0.3) is 11.3 Å². The number of aryl methyl sites for hydroxylation is 2. The summed E-state index contributed by atoms with van der Waals surface area (Å²) >= 11 is 0. The van der Waals surface area contributed by atoms with Crippen LogP contribution in [-0.2, 0) is 4.79 Å². The molecule has 2 aromatic heterocycles. The van der Waals surface area contributed by atoms with Crippen molar-refractivity contribution in [3.63, 3.8) is 0 Å². The smallest absolute Gasteiger partial charge is 0.228 e. The lowest BCUT2D eigenvalue weighted by Gasteiger charge is -2.42. The van der Waals surface area contributed by atoms with E-state index in [2.05, 4.69) is 46.0 Å². The molecule has 0 unspecified atom stereocenters. The summed E-state index contributed by atoms with van der Waals surface area (Å²) in [5, 5.41) is 4.06. The van der Waals surface area contributed by atoms with Gasteiger partial charge in [0, 0.05) is 24.7 Å². The van der Waals surface area contributed by atoms with Crippen LogP contribution in [0.3, 0.4) is 0 Å². The van der Waals surface area contributed by atoms with E-state index >= 15 is 0 Å². The van der Waals surface area contributed by atoms with Crippen LogP contribution in [0.4, 0.5) is 0 Å². The molecule has 0 atom stereocenters. The Balaban J connectivity index is 1.43. The zero-order valence-corrected chi connectivity index (χ0v) is 18.1. The standard InChI is InChI=1S/C23H32N4O2/c1-16-21(17(2)29-25-16)20-15-19(5-10-24-20)18-6-11-27(12-7-18)22(28)23(3)8-13-26(4)14-9-23/h5,10,15,18H,6-9,11-14H2,1-4H3. The summed E-state index contributed by atoms with van der Waals surface area (Å²) in [7, 11) is 2.14. The average Bonchev–Trinajstić information content (AvgIpc) is 3.08. The third kappa shape index (κ3) is 3.95. The van der Waals surface area contributed by atoms with Gasteiger partial charge in [-0.1, -0.05) is 12.1 Å². The summed E-state index contributed by atoms with van der Waals surface area (Å²) in [6.07, 6.45) is 5.83. The minimum Gasteiger partial charge on any atom is -0.361 e. The number of likely N-dealkylation sites (tertiary alicyclic amines) is 2. The molecule has 156 valence electrons. The molecule has 2 aliphatic heterocycles. The Morgan fingerprint density at radius 3 is 2.48 bits per heavy atom. The highest BCUT2D eigenvalue weighted by Gasteiger charge is 2.39. The summed E-state index contributed by atoms with van der Waals surface area (Å²) in [4.78, 5) is 22.2. The maximum Gasteiger partial charge on any atom is 0.228 e. The largest absolute Gasteiger partial charge is 0.361 e. The van der Waals surface area contributed by atoms with Crippen molar-refractivity contribution in [2.24, 2.45) is 5.41 Å². The molecule has 4 rings (SSSR count). The summed E-state index contributed by atoms with van der Waals surface area (Å²) in [6.45, 7) is 9.76. The van der Waals surface area contributed by atoms with Crippen LogP contribution < -0.4 is 0 Å². The predicted octanol–water partition coefficient (Wildman–Crippen LogP) is 3.79. The van der Waals surface area contributed by atoms with E-state index in [9.17, 15) is 4.79 Å². The lowest BCUT2D eigenvalue weighted by molar-refractivity contribution is -0.145. The zero-order chi connectivity index (χ0) is 20.6. The van der Waals surface area contributed by atoms with Crippen molar-refractivity contribution >= 4 is 5.91 Å². The molecule has 2 fully saturated rings. The van der Waals surface area contributed by atoms with Crippen LogP contribution in [-0.4, -0.2) is 59.1 Å². The second-order valence-electron chi connectivity index (χ2n) is 9.10. The number of amides is 1. The van der Waals surface area contributed by atoms with Gasteiger partial charge in [-0.25, -0.2) is 0 Å². The number of pyridine rings is 1. The topological polar surface area (TPSA) is 62.5 Å². The first-order valence-corrected chi connectivity index (χ1v) is 10.7. The maximum atomic E-state index is 13.2. The van der Waals surface area contributed by atoms with E-state index in [0.717, 1.165) is 74.6 Å². The first-order valence-electron chi connectivity index (χ1n) is 10.7. The Bertz CT molecular complexity index is 855. The number of rotatable bonds is 3. The minimum absolute atomic E-state index is 0.188. The summed E-state index contributed by atoms with van der Waals surface area (Å²) < 4.78 is 5.31. The van der Waals surface area contributed by atoms with Gasteiger partial charge >= 0.3 is 0 Å². The second-order valence-corrected chi connectivity index (χ2v) is 9.10. The van der Waals surface area contributed by atoms with Gasteiger partial charge in [0.2, 0.25) is 5.91 Å².